The molecule has 148 valence electrons. The molecular weight excluding hydrogens is 352 g/mol. The maximum absolute atomic E-state index is 12.6. The second kappa shape index (κ2) is 9.69. The van der Waals surface area contributed by atoms with E-state index in [9.17, 15) is 9.59 Å². The van der Waals surface area contributed by atoms with Crippen LogP contribution in [-0.2, 0) is 11.3 Å². The van der Waals surface area contributed by atoms with Crippen molar-refractivity contribution in [3.8, 4) is 0 Å². The third-order valence-corrected chi connectivity index (χ3v) is 4.35. The Hall–Kier alpha value is -3.15. The van der Waals surface area contributed by atoms with E-state index in [-0.39, 0.29) is 11.8 Å². The zero-order valence-electron chi connectivity index (χ0n) is 16.8. The lowest BCUT2D eigenvalue weighted by Crippen LogP contribution is -2.47. The largest absolute Gasteiger partial charge is 0.341 e. The van der Waals surface area contributed by atoms with E-state index in [0.717, 1.165) is 17.0 Å². The van der Waals surface area contributed by atoms with Gasteiger partial charge in [-0.3, -0.25) is 14.3 Å². The van der Waals surface area contributed by atoms with Gasteiger partial charge in [-0.25, -0.2) is 0 Å². The molecule has 0 aliphatic carbocycles. The molecule has 6 heteroatoms. The standard InChI is InChI=1S/C22H28N4O2/c1-6-11-25(12-7-2)22(28)18(5)23-21(27)20-10-8-9-19(14-20)15-26-17(4)13-16(3)24-26/h6-10,13-14,18H,1-2,11-12,15H2,3-5H3,(H,23,27). The van der Waals surface area contributed by atoms with Crippen LogP contribution in [0.25, 0.3) is 0 Å². The first-order chi connectivity index (χ1) is 13.3. The zero-order chi connectivity index (χ0) is 20.7. The van der Waals surface area contributed by atoms with Gasteiger partial charge in [0.15, 0.2) is 0 Å². The monoisotopic (exact) mass is 380 g/mol. The minimum absolute atomic E-state index is 0.174. The molecule has 0 spiro atoms. The van der Waals surface area contributed by atoms with E-state index in [4.69, 9.17) is 0 Å². The molecule has 2 rings (SSSR count). The fraction of sp³-hybridized carbons (Fsp3) is 0.318. The van der Waals surface area contributed by atoms with Gasteiger partial charge in [-0.05, 0) is 44.5 Å². The summed E-state index contributed by atoms with van der Waals surface area (Å²) >= 11 is 0. The Morgan fingerprint density at radius 2 is 1.89 bits per heavy atom. The van der Waals surface area contributed by atoms with E-state index in [0.29, 0.717) is 25.2 Å². The highest BCUT2D eigenvalue weighted by Crippen LogP contribution is 2.10. The van der Waals surface area contributed by atoms with Crippen LogP contribution in [0.5, 0.6) is 0 Å². The minimum atomic E-state index is -0.646. The Morgan fingerprint density at radius 1 is 1.21 bits per heavy atom. The van der Waals surface area contributed by atoms with Crippen LogP contribution in [-0.4, -0.2) is 45.6 Å². The number of hydrogen-bond acceptors (Lipinski definition) is 3. The zero-order valence-corrected chi connectivity index (χ0v) is 16.8. The van der Waals surface area contributed by atoms with Crippen LogP contribution in [0, 0.1) is 13.8 Å². The second-order valence-corrected chi connectivity index (χ2v) is 6.80. The van der Waals surface area contributed by atoms with Crippen molar-refractivity contribution in [2.24, 2.45) is 0 Å². The Balaban J connectivity index is 2.07. The average molecular weight is 380 g/mol. The number of nitrogens with zero attached hydrogens (tertiary/aromatic N) is 3. The van der Waals surface area contributed by atoms with Gasteiger partial charge < -0.3 is 10.2 Å². The van der Waals surface area contributed by atoms with Crippen molar-refractivity contribution in [3.05, 3.63) is 78.2 Å². The van der Waals surface area contributed by atoms with Crippen LogP contribution >= 0.6 is 0 Å². The first-order valence-electron chi connectivity index (χ1n) is 9.27. The maximum atomic E-state index is 12.6. The maximum Gasteiger partial charge on any atom is 0.251 e. The molecule has 6 nitrogen and oxygen atoms in total. The van der Waals surface area contributed by atoms with Crippen LogP contribution in [0.4, 0.5) is 0 Å². The lowest BCUT2D eigenvalue weighted by Gasteiger charge is -2.24. The third-order valence-electron chi connectivity index (χ3n) is 4.35. The molecular formula is C22H28N4O2. The van der Waals surface area contributed by atoms with E-state index in [1.807, 2.05) is 42.8 Å². The molecule has 0 aliphatic heterocycles. The first-order valence-corrected chi connectivity index (χ1v) is 9.27. The van der Waals surface area contributed by atoms with Crippen molar-refractivity contribution in [3.63, 3.8) is 0 Å². The number of rotatable bonds is 9. The van der Waals surface area contributed by atoms with Crippen molar-refractivity contribution in [1.29, 1.82) is 0 Å². The molecule has 0 saturated carbocycles. The van der Waals surface area contributed by atoms with E-state index in [1.54, 1.807) is 30.0 Å². The summed E-state index contributed by atoms with van der Waals surface area (Å²) in [6, 6.07) is 8.73. The smallest absolute Gasteiger partial charge is 0.251 e. The van der Waals surface area contributed by atoms with Crippen molar-refractivity contribution < 1.29 is 9.59 Å². The van der Waals surface area contributed by atoms with E-state index >= 15 is 0 Å². The highest BCUT2D eigenvalue weighted by molar-refractivity contribution is 5.97. The molecule has 1 heterocycles. The molecule has 0 saturated heterocycles. The lowest BCUT2D eigenvalue weighted by molar-refractivity contribution is -0.131. The van der Waals surface area contributed by atoms with Crippen LogP contribution < -0.4 is 5.32 Å². The van der Waals surface area contributed by atoms with Crippen LogP contribution in [0.15, 0.2) is 55.6 Å². The third kappa shape index (κ3) is 5.42. The van der Waals surface area contributed by atoms with Crippen LogP contribution in [0.3, 0.4) is 0 Å². The van der Waals surface area contributed by atoms with Gasteiger partial charge in [-0.2, -0.15) is 5.10 Å². The molecule has 2 aromatic rings. The number of hydrogen-bond donors (Lipinski definition) is 1. The minimum Gasteiger partial charge on any atom is -0.341 e. The summed E-state index contributed by atoms with van der Waals surface area (Å²) in [6.45, 7) is 14.4. The second-order valence-electron chi connectivity index (χ2n) is 6.80. The summed E-state index contributed by atoms with van der Waals surface area (Å²) in [5, 5.41) is 7.23. The lowest BCUT2D eigenvalue weighted by atomic mass is 10.1. The summed E-state index contributed by atoms with van der Waals surface area (Å²) in [5.41, 5.74) is 3.51. The molecule has 0 radical (unpaired) electrons. The molecule has 1 unspecified atom stereocenters. The van der Waals surface area contributed by atoms with Crippen LogP contribution in [0.2, 0.25) is 0 Å². The summed E-state index contributed by atoms with van der Waals surface area (Å²) in [5.74, 6) is -0.458. The number of nitrogens with one attached hydrogen (secondary N) is 1. The first kappa shape index (κ1) is 21.2. The number of aromatic nitrogens is 2. The van der Waals surface area contributed by atoms with Crippen molar-refractivity contribution in [2.45, 2.75) is 33.4 Å². The Labute approximate surface area is 166 Å². The van der Waals surface area contributed by atoms with Gasteiger partial charge in [0.1, 0.15) is 6.04 Å². The number of carbonyl (C=O) groups is 2. The molecule has 0 fully saturated rings. The molecule has 1 atom stereocenters. The Kier molecular flexibility index (Phi) is 7.32. The molecule has 1 aromatic heterocycles. The van der Waals surface area contributed by atoms with E-state index in [2.05, 4.69) is 23.6 Å². The highest BCUT2D eigenvalue weighted by atomic mass is 16.2. The van der Waals surface area contributed by atoms with Gasteiger partial charge in [0.25, 0.3) is 5.91 Å². The summed E-state index contributed by atoms with van der Waals surface area (Å²) in [4.78, 5) is 26.8. The topological polar surface area (TPSA) is 67.2 Å². The van der Waals surface area contributed by atoms with E-state index in [1.165, 1.54) is 0 Å². The fourth-order valence-corrected chi connectivity index (χ4v) is 3.00. The average Bonchev–Trinajstić information content (AvgIpc) is 2.98. The Morgan fingerprint density at radius 3 is 2.46 bits per heavy atom. The van der Waals surface area contributed by atoms with Crippen molar-refractivity contribution in [1.82, 2.24) is 20.0 Å². The van der Waals surface area contributed by atoms with Gasteiger partial charge in [-0.1, -0.05) is 24.3 Å². The number of benzene rings is 1. The number of carbonyl (C=O) groups excluding carboxylic acids is 2. The molecule has 0 aliphatic rings. The Bertz CT molecular complexity index is 859. The number of aryl methyl sites for hydroxylation is 2. The summed E-state index contributed by atoms with van der Waals surface area (Å²) in [7, 11) is 0. The molecule has 1 aromatic carbocycles. The van der Waals surface area contributed by atoms with Gasteiger partial charge in [0.05, 0.1) is 12.2 Å². The molecule has 0 bridgehead atoms. The summed E-state index contributed by atoms with van der Waals surface area (Å²) in [6.07, 6.45) is 3.30. The predicted octanol–water partition coefficient (Wildman–Crippen LogP) is 2.87. The van der Waals surface area contributed by atoms with Gasteiger partial charge >= 0.3 is 0 Å². The highest BCUT2D eigenvalue weighted by Gasteiger charge is 2.21. The predicted molar refractivity (Wildman–Crippen MR) is 111 cm³/mol. The molecule has 28 heavy (non-hydrogen) atoms. The molecule has 2 amide bonds. The molecule has 1 N–H and O–H groups in total. The quantitative estimate of drug-likeness (QED) is 0.680. The van der Waals surface area contributed by atoms with E-state index < -0.39 is 6.04 Å². The number of amides is 2. The fourth-order valence-electron chi connectivity index (χ4n) is 3.00. The van der Waals surface area contributed by atoms with Gasteiger partial charge in [0, 0.05) is 24.3 Å². The van der Waals surface area contributed by atoms with Crippen molar-refractivity contribution >= 4 is 11.8 Å². The SMILES string of the molecule is C=CCN(CC=C)C(=O)C(C)NC(=O)c1cccc(Cn2nc(C)cc2C)c1. The van der Waals surface area contributed by atoms with Gasteiger partial charge in [0.2, 0.25) is 5.91 Å². The van der Waals surface area contributed by atoms with Gasteiger partial charge in [-0.15, -0.1) is 13.2 Å². The summed E-state index contributed by atoms with van der Waals surface area (Å²) < 4.78 is 1.90. The van der Waals surface area contributed by atoms with Crippen LogP contribution in [0.1, 0.15) is 34.2 Å². The van der Waals surface area contributed by atoms with Crippen molar-refractivity contribution in [2.75, 3.05) is 13.1 Å². The normalized spacial score (nSPS) is 11.5.